The van der Waals surface area contributed by atoms with E-state index >= 15 is 0 Å². The second-order valence-corrected chi connectivity index (χ2v) is 11.0. The van der Waals surface area contributed by atoms with Crippen LogP contribution in [0.25, 0.3) is 0 Å². The molecule has 5 rings (SSSR count). The predicted molar refractivity (Wildman–Crippen MR) is 133 cm³/mol. The van der Waals surface area contributed by atoms with Gasteiger partial charge in [-0.2, -0.15) is 0 Å². The number of piperidine rings is 1. The maximum atomic E-state index is 13.5. The summed E-state index contributed by atoms with van der Waals surface area (Å²) < 4.78 is 5.96. The van der Waals surface area contributed by atoms with E-state index < -0.39 is 5.41 Å². The molecule has 2 aliphatic carbocycles. The van der Waals surface area contributed by atoms with Crippen molar-refractivity contribution in [3.8, 4) is 5.75 Å². The second kappa shape index (κ2) is 9.41. The summed E-state index contributed by atoms with van der Waals surface area (Å²) in [6.07, 6.45) is 12.4. The maximum absolute atomic E-state index is 13.5. The minimum Gasteiger partial charge on any atom is -0.494 e. The highest BCUT2D eigenvalue weighted by Crippen LogP contribution is 2.61. The Bertz CT molecular complexity index is 1090. The topological polar surface area (TPSA) is 75.6 Å². The Morgan fingerprint density at radius 1 is 1.14 bits per heavy atom. The van der Waals surface area contributed by atoms with Gasteiger partial charge >= 0.3 is 0 Å². The van der Waals surface area contributed by atoms with Crippen LogP contribution < -0.4 is 4.74 Å². The Morgan fingerprint density at radius 2 is 1.86 bits per heavy atom. The van der Waals surface area contributed by atoms with Crippen LogP contribution in [0.1, 0.15) is 60.9 Å². The lowest BCUT2D eigenvalue weighted by atomic mass is 9.64. The molecule has 3 fully saturated rings. The van der Waals surface area contributed by atoms with Crippen LogP contribution in [0.3, 0.4) is 0 Å². The molecule has 2 amide bonds. The van der Waals surface area contributed by atoms with Crippen molar-refractivity contribution in [3.05, 3.63) is 53.1 Å². The molecule has 0 N–H and O–H groups in total. The van der Waals surface area contributed by atoms with E-state index in [9.17, 15) is 9.59 Å². The van der Waals surface area contributed by atoms with Crippen LogP contribution >= 0.6 is 11.6 Å². The van der Waals surface area contributed by atoms with E-state index in [4.69, 9.17) is 16.3 Å². The van der Waals surface area contributed by atoms with Gasteiger partial charge in [0.2, 0.25) is 5.91 Å². The van der Waals surface area contributed by atoms with E-state index in [1.165, 1.54) is 17.6 Å². The van der Waals surface area contributed by atoms with Gasteiger partial charge in [0.1, 0.15) is 12.1 Å². The molecule has 1 aliphatic heterocycles. The molecule has 1 spiro atoms. The number of hydrogen-bond donors (Lipinski definition) is 0. The van der Waals surface area contributed by atoms with Gasteiger partial charge in [-0.05, 0) is 68.1 Å². The second-order valence-electron chi connectivity index (χ2n) is 10.6. The third kappa shape index (κ3) is 4.51. The Kier molecular flexibility index (Phi) is 6.47. The van der Waals surface area contributed by atoms with E-state index in [0.717, 1.165) is 57.2 Å². The standard InChI is InChI=1S/C27H33ClN4O3/c1-31(2)24(33)22-5-4-21(14-23(22)28)35-13-6-19-15-26(19)9-11-32(12-10-26)25(34)27(7-3-8-27)20-16-29-18-30-17-20/h4-5,14,16-19H,3,6-13,15H2,1-2H3/t19-/m1/s1. The van der Waals surface area contributed by atoms with Gasteiger partial charge in [0.05, 0.1) is 22.6 Å². The molecule has 3 aliphatic rings. The first-order valence-corrected chi connectivity index (χ1v) is 12.9. The van der Waals surface area contributed by atoms with Crippen LogP contribution in [0.5, 0.6) is 5.75 Å². The molecule has 0 unspecified atom stereocenters. The van der Waals surface area contributed by atoms with Crippen molar-refractivity contribution in [2.75, 3.05) is 33.8 Å². The molecule has 1 aromatic carbocycles. The number of carbonyl (C=O) groups is 2. The number of halogens is 1. The zero-order valence-corrected chi connectivity index (χ0v) is 21.3. The van der Waals surface area contributed by atoms with Gasteiger partial charge in [-0.3, -0.25) is 9.59 Å². The molecule has 2 aromatic rings. The van der Waals surface area contributed by atoms with Gasteiger partial charge in [0, 0.05) is 45.1 Å². The summed E-state index contributed by atoms with van der Waals surface area (Å²) >= 11 is 6.30. The molecular weight excluding hydrogens is 464 g/mol. The quantitative estimate of drug-likeness (QED) is 0.569. The molecule has 186 valence electrons. The maximum Gasteiger partial charge on any atom is 0.254 e. The lowest BCUT2D eigenvalue weighted by Crippen LogP contribution is -2.53. The van der Waals surface area contributed by atoms with E-state index in [-0.39, 0.29) is 11.8 Å². The van der Waals surface area contributed by atoms with Crippen LogP contribution in [0.15, 0.2) is 36.9 Å². The first-order chi connectivity index (χ1) is 16.8. The average Bonchev–Trinajstić information content (AvgIpc) is 3.50. The Labute approximate surface area is 211 Å². The summed E-state index contributed by atoms with van der Waals surface area (Å²) in [4.78, 5) is 37.5. The van der Waals surface area contributed by atoms with Crippen LogP contribution in [-0.2, 0) is 10.2 Å². The lowest BCUT2D eigenvalue weighted by Gasteiger charge is -2.45. The summed E-state index contributed by atoms with van der Waals surface area (Å²) in [5.41, 5.74) is 1.41. The number of amides is 2. The number of hydrogen-bond acceptors (Lipinski definition) is 5. The number of benzene rings is 1. The van der Waals surface area contributed by atoms with Crippen molar-refractivity contribution in [1.29, 1.82) is 0 Å². The van der Waals surface area contributed by atoms with Gasteiger partial charge in [-0.25, -0.2) is 9.97 Å². The fourth-order valence-corrected chi connectivity index (χ4v) is 6.18. The molecule has 0 bridgehead atoms. The Balaban J connectivity index is 1.10. The van der Waals surface area contributed by atoms with Crippen LogP contribution in [-0.4, -0.2) is 65.4 Å². The largest absolute Gasteiger partial charge is 0.494 e. The van der Waals surface area contributed by atoms with Crippen molar-refractivity contribution < 1.29 is 14.3 Å². The highest BCUT2D eigenvalue weighted by Gasteiger charge is 2.56. The average molecular weight is 497 g/mol. The summed E-state index contributed by atoms with van der Waals surface area (Å²) in [6, 6.07) is 5.25. The van der Waals surface area contributed by atoms with Crippen LogP contribution in [0.4, 0.5) is 0 Å². The normalized spacial score (nSPS) is 21.8. The zero-order valence-electron chi connectivity index (χ0n) is 20.5. The van der Waals surface area contributed by atoms with E-state index in [1.807, 2.05) is 18.5 Å². The predicted octanol–water partition coefficient (Wildman–Crippen LogP) is 4.35. The molecule has 7 nitrogen and oxygen atoms in total. The third-order valence-corrected chi connectivity index (χ3v) is 8.76. The van der Waals surface area contributed by atoms with Gasteiger partial charge in [-0.1, -0.05) is 18.0 Å². The molecule has 35 heavy (non-hydrogen) atoms. The first-order valence-electron chi connectivity index (χ1n) is 12.5. The molecule has 1 aromatic heterocycles. The number of ether oxygens (including phenoxy) is 1. The van der Waals surface area contributed by atoms with E-state index in [2.05, 4.69) is 14.9 Å². The number of aromatic nitrogens is 2. The van der Waals surface area contributed by atoms with Crippen LogP contribution in [0.2, 0.25) is 5.02 Å². The van der Waals surface area contributed by atoms with Gasteiger partial charge in [0.15, 0.2) is 0 Å². The smallest absolute Gasteiger partial charge is 0.254 e. The number of carbonyl (C=O) groups excluding carboxylic acids is 2. The van der Waals surface area contributed by atoms with Gasteiger partial charge in [0.25, 0.3) is 5.91 Å². The summed E-state index contributed by atoms with van der Waals surface area (Å²) in [6.45, 7) is 2.30. The molecule has 2 saturated carbocycles. The minimum atomic E-state index is -0.406. The molecule has 2 heterocycles. The highest BCUT2D eigenvalue weighted by molar-refractivity contribution is 6.34. The molecule has 1 saturated heterocycles. The third-order valence-electron chi connectivity index (χ3n) is 8.45. The minimum absolute atomic E-state index is 0.119. The van der Waals surface area contributed by atoms with Gasteiger partial charge < -0.3 is 14.5 Å². The summed E-state index contributed by atoms with van der Waals surface area (Å²) in [7, 11) is 3.41. The zero-order chi connectivity index (χ0) is 24.6. The molecule has 0 radical (unpaired) electrons. The number of nitrogens with zero attached hydrogens (tertiary/aromatic N) is 4. The van der Waals surface area contributed by atoms with Crippen molar-refractivity contribution in [2.45, 2.75) is 50.4 Å². The van der Waals surface area contributed by atoms with Crippen molar-refractivity contribution in [1.82, 2.24) is 19.8 Å². The molecule has 1 atom stereocenters. The SMILES string of the molecule is CN(C)C(=O)c1ccc(OCC[C@@H]2CC23CCN(C(=O)C2(c4cncnc4)CCC2)CC3)cc1Cl. The molecular formula is C27H33ClN4O3. The van der Waals surface area contributed by atoms with Crippen molar-refractivity contribution >= 4 is 23.4 Å². The number of rotatable bonds is 7. The fraction of sp³-hybridized carbons (Fsp3) is 0.556. The van der Waals surface area contributed by atoms with Crippen molar-refractivity contribution in [2.24, 2.45) is 11.3 Å². The van der Waals surface area contributed by atoms with Crippen molar-refractivity contribution in [3.63, 3.8) is 0 Å². The summed E-state index contributed by atoms with van der Waals surface area (Å²) in [5, 5.41) is 0.410. The number of likely N-dealkylation sites (tertiary alicyclic amines) is 1. The highest BCUT2D eigenvalue weighted by atomic mass is 35.5. The van der Waals surface area contributed by atoms with Crippen LogP contribution in [0, 0.1) is 11.3 Å². The Morgan fingerprint density at radius 3 is 2.46 bits per heavy atom. The Hall–Kier alpha value is -2.67. The van der Waals surface area contributed by atoms with E-state index in [1.54, 1.807) is 26.2 Å². The fourth-order valence-electron chi connectivity index (χ4n) is 5.93. The monoisotopic (exact) mass is 496 g/mol. The van der Waals surface area contributed by atoms with E-state index in [0.29, 0.717) is 34.3 Å². The van der Waals surface area contributed by atoms with Gasteiger partial charge in [-0.15, -0.1) is 0 Å². The molecule has 8 heteroatoms. The first kappa shape index (κ1) is 24.0. The summed E-state index contributed by atoms with van der Waals surface area (Å²) in [5.74, 6) is 1.48. The lowest BCUT2D eigenvalue weighted by molar-refractivity contribution is -0.142.